The third-order valence-corrected chi connectivity index (χ3v) is 5.11. The Hall–Kier alpha value is -3.16. The molecular weight excluding hydrogens is 364 g/mol. The molecular formula is C20H18N2O4S. The lowest BCUT2D eigenvalue weighted by atomic mass is 10.0. The predicted octanol–water partition coefficient (Wildman–Crippen LogP) is 3.54. The maximum atomic E-state index is 12.6. The Morgan fingerprint density at radius 3 is 2.33 bits per heavy atom. The number of hydrogen-bond acceptors (Lipinski definition) is 5. The smallest absolute Gasteiger partial charge is 0.282 e. The number of benzene rings is 1. The molecule has 2 aliphatic rings. The van der Waals surface area contributed by atoms with Crippen LogP contribution in [0.1, 0.15) is 0 Å². The number of sulfonamides is 1. The quantitative estimate of drug-likeness (QED) is 0.862. The Labute approximate surface area is 158 Å². The van der Waals surface area contributed by atoms with Gasteiger partial charge in [0.05, 0.1) is 17.7 Å². The summed E-state index contributed by atoms with van der Waals surface area (Å²) in [6, 6.07) is 6.09. The maximum Gasteiger partial charge on any atom is 0.282 e. The summed E-state index contributed by atoms with van der Waals surface area (Å²) in [6.45, 7) is 0. The lowest BCUT2D eigenvalue weighted by molar-refractivity contribution is 0.0105. The van der Waals surface area contributed by atoms with Gasteiger partial charge in [-0.05, 0) is 48.1 Å². The van der Waals surface area contributed by atoms with Crippen LogP contribution in [0.15, 0.2) is 106 Å². The molecule has 0 aromatic heterocycles. The number of rotatable bonds is 4. The van der Waals surface area contributed by atoms with E-state index in [2.05, 4.69) is 4.40 Å². The van der Waals surface area contributed by atoms with E-state index in [4.69, 9.17) is 4.74 Å². The lowest BCUT2D eigenvalue weighted by Gasteiger charge is -2.10. The number of ether oxygens (including phenoxy) is 1. The molecule has 1 N–H and O–H groups in total. The fraction of sp³-hybridized carbons (Fsp3) is 0.0500. The molecule has 1 aromatic carbocycles. The number of methoxy groups -OCH3 is 1. The van der Waals surface area contributed by atoms with Gasteiger partial charge in [-0.15, -0.1) is 0 Å². The van der Waals surface area contributed by atoms with Crippen LogP contribution in [0.4, 0.5) is 0 Å². The van der Waals surface area contributed by atoms with E-state index in [0.29, 0.717) is 17.0 Å². The zero-order chi connectivity index (χ0) is 19.3. The molecule has 0 saturated heterocycles. The van der Waals surface area contributed by atoms with E-state index in [0.717, 1.165) is 10.6 Å². The Morgan fingerprint density at radius 2 is 1.67 bits per heavy atom. The Bertz CT molecular complexity index is 1010. The Balaban J connectivity index is 1.90. The summed E-state index contributed by atoms with van der Waals surface area (Å²) in [5.41, 5.74) is 1.86. The molecule has 7 heteroatoms. The maximum absolute atomic E-state index is 12.6. The van der Waals surface area contributed by atoms with E-state index in [1.807, 2.05) is 12.2 Å². The summed E-state index contributed by atoms with van der Waals surface area (Å²) in [5.74, 6) is 0.573. The van der Waals surface area contributed by atoms with E-state index in [1.165, 1.54) is 31.6 Å². The van der Waals surface area contributed by atoms with Crippen molar-refractivity contribution in [3.63, 3.8) is 0 Å². The average Bonchev–Trinajstić information content (AvgIpc) is 2.68. The standard InChI is InChI=1S/C20H18N2O4S/c1-26-18-8-10-19(11-9-18)27(24,25)21-20-5-3-2-4-17(20)7-6-16-12-14-22(23)15-13-16/h2-15,23H,1H3. The molecule has 0 spiro atoms. The van der Waals surface area contributed by atoms with Gasteiger partial charge in [0.25, 0.3) is 10.0 Å². The van der Waals surface area contributed by atoms with Crippen LogP contribution in [0, 0.1) is 0 Å². The van der Waals surface area contributed by atoms with E-state index < -0.39 is 10.0 Å². The van der Waals surface area contributed by atoms with Crippen molar-refractivity contribution in [1.82, 2.24) is 5.06 Å². The number of nitrogens with zero attached hydrogens (tertiary/aromatic N) is 2. The highest BCUT2D eigenvalue weighted by molar-refractivity contribution is 7.90. The van der Waals surface area contributed by atoms with Crippen molar-refractivity contribution >= 4 is 15.7 Å². The SMILES string of the molecule is COc1ccc(S(=O)(=O)N=C2C=CC=CC2=CC=C2C=CN(O)C=C2)cc1. The van der Waals surface area contributed by atoms with Crippen molar-refractivity contribution < 1.29 is 18.4 Å². The molecule has 1 aromatic rings. The first kappa shape index (κ1) is 18.6. The van der Waals surface area contributed by atoms with Crippen LogP contribution in [-0.2, 0) is 10.0 Å². The van der Waals surface area contributed by atoms with Crippen LogP contribution < -0.4 is 4.74 Å². The van der Waals surface area contributed by atoms with Crippen LogP contribution in [0.5, 0.6) is 5.75 Å². The molecule has 0 bridgehead atoms. The highest BCUT2D eigenvalue weighted by atomic mass is 32.2. The molecule has 0 radical (unpaired) electrons. The van der Waals surface area contributed by atoms with Gasteiger partial charge in [0.15, 0.2) is 0 Å². The van der Waals surface area contributed by atoms with Crippen LogP contribution in [0.2, 0.25) is 0 Å². The molecule has 0 fully saturated rings. The van der Waals surface area contributed by atoms with Gasteiger partial charge >= 0.3 is 0 Å². The third-order valence-electron chi connectivity index (χ3n) is 3.81. The van der Waals surface area contributed by atoms with Gasteiger partial charge in [0.2, 0.25) is 0 Å². The molecule has 1 heterocycles. The predicted molar refractivity (Wildman–Crippen MR) is 104 cm³/mol. The van der Waals surface area contributed by atoms with Crippen molar-refractivity contribution in [3.05, 3.63) is 96.4 Å². The van der Waals surface area contributed by atoms with Crippen molar-refractivity contribution in [3.8, 4) is 5.75 Å². The highest BCUT2D eigenvalue weighted by Crippen LogP contribution is 2.20. The minimum absolute atomic E-state index is 0.0950. The first-order valence-electron chi connectivity index (χ1n) is 8.08. The second kappa shape index (κ2) is 8.03. The summed E-state index contributed by atoms with van der Waals surface area (Å²) in [5, 5.41) is 10.2. The fourth-order valence-corrected chi connectivity index (χ4v) is 3.38. The summed E-state index contributed by atoms with van der Waals surface area (Å²) < 4.78 is 34.2. The molecule has 1 aliphatic heterocycles. The summed E-state index contributed by atoms with van der Waals surface area (Å²) in [6.07, 6.45) is 17.0. The number of hydrogen-bond donors (Lipinski definition) is 1. The summed E-state index contributed by atoms with van der Waals surface area (Å²) >= 11 is 0. The molecule has 1 aliphatic carbocycles. The van der Waals surface area contributed by atoms with Gasteiger partial charge < -0.3 is 4.74 Å². The Morgan fingerprint density at radius 1 is 1.00 bits per heavy atom. The number of hydroxylamine groups is 2. The molecule has 0 amide bonds. The first-order chi connectivity index (χ1) is 13.0. The Kier molecular flexibility index (Phi) is 5.54. The zero-order valence-electron chi connectivity index (χ0n) is 14.6. The topological polar surface area (TPSA) is 79.2 Å². The van der Waals surface area contributed by atoms with Gasteiger partial charge in [-0.3, -0.25) is 5.21 Å². The monoisotopic (exact) mass is 382 g/mol. The molecule has 3 rings (SSSR count). The van der Waals surface area contributed by atoms with Crippen LogP contribution in [-0.4, -0.2) is 31.5 Å². The van der Waals surface area contributed by atoms with E-state index >= 15 is 0 Å². The van der Waals surface area contributed by atoms with Gasteiger partial charge in [-0.2, -0.15) is 12.8 Å². The van der Waals surface area contributed by atoms with Crippen molar-refractivity contribution in [2.75, 3.05) is 7.11 Å². The normalized spacial score (nSPS) is 19.2. The molecule has 27 heavy (non-hydrogen) atoms. The summed E-state index contributed by atoms with van der Waals surface area (Å²) in [7, 11) is -2.33. The van der Waals surface area contributed by atoms with Crippen LogP contribution >= 0.6 is 0 Å². The molecule has 138 valence electrons. The van der Waals surface area contributed by atoms with Crippen LogP contribution in [0.3, 0.4) is 0 Å². The largest absolute Gasteiger partial charge is 0.497 e. The number of allylic oxidation sites excluding steroid dienone is 10. The molecule has 0 atom stereocenters. The molecule has 6 nitrogen and oxygen atoms in total. The first-order valence-corrected chi connectivity index (χ1v) is 9.52. The van der Waals surface area contributed by atoms with Crippen molar-refractivity contribution in [2.24, 2.45) is 4.40 Å². The van der Waals surface area contributed by atoms with Gasteiger partial charge in [0, 0.05) is 18.0 Å². The zero-order valence-corrected chi connectivity index (χ0v) is 15.4. The molecule has 0 unspecified atom stereocenters. The van der Waals surface area contributed by atoms with Gasteiger partial charge in [-0.25, -0.2) is 5.06 Å². The second-order valence-electron chi connectivity index (χ2n) is 5.65. The third kappa shape index (κ3) is 4.72. The van der Waals surface area contributed by atoms with E-state index in [1.54, 1.807) is 48.6 Å². The van der Waals surface area contributed by atoms with E-state index in [-0.39, 0.29) is 4.90 Å². The van der Waals surface area contributed by atoms with Crippen molar-refractivity contribution in [2.45, 2.75) is 4.90 Å². The minimum atomic E-state index is -3.85. The van der Waals surface area contributed by atoms with Gasteiger partial charge in [-0.1, -0.05) is 30.4 Å². The minimum Gasteiger partial charge on any atom is -0.497 e. The van der Waals surface area contributed by atoms with Crippen molar-refractivity contribution in [1.29, 1.82) is 0 Å². The summed E-state index contributed by atoms with van der Waals surface area (Å²) in [4.78, 5) is 0.0950. The molecule has 0 saturated carbocycles. The average molecular weight is 382 g/mol. The van der Waals surface area contributed by atoms with Gasteiger partial charge in [0.1, 0.15) is 5.75 Å². The highest BCUT2D eigenvalue weighted by Gasteiger charge is 2.15. The fourth-order valence-electron chi connectivity index (χ4n) is 2.37. The lowest BCUT2D eigenvalue weighted by Crippen LogP contribution is -2.06. The second-order valence-corrected chi connectivity index (χ2v) is 7.25. The van der Waals surface area contributed by atoms with E-state index in [9.17, 15) is 13.6 Å². The van der Waals surface area contributed by atoms with Crippen LogP contribution in [0.25, 0.3) is 0 Å².